The third-order valence-corrected chi connectivity index (χ3v) is 6.15. The maximum atomic E-state index is 12.8. The lowest BCUT2D eigenvalue weighted by atomic mass is 9.96. The lowest BCUT2D eigenvalue weighted by molar-refractivity contribution is -0.132. The fourth-order valence-electron chi connectivity index (χ4n) is 4.11. The van der Waals surface area contributed by atoms with Crippen LogP contribution in [-0.2, 0) is 16.0 Å². The monoisotopic (exact) mass is 437 g/mol. The molecule has 0 bridgehead atoms. The molecule has 2 aromatic rings. The highest BCUT2D eigenvalue weighted by atomic mass is 16.5. The number of nitrogens with one attached hydrogen (secondary N) is 1. The number of ether oxygens (including phenoxy) is 1. The molecular formula is C26H35N3O3. The molecule has 1 heterocycles. The smallest absolute Gasteiger partial charge is 0.234 e. The van der Waals surface area contributed by atoms with Gasteiger partial charge in [0.15, 0.2) is 0 Å². The van der Waals surface area contributed by atoms with Crippen molar-refractivity contribution in [2.24, 2.45) is 5.92 Å². The molecule has 1 aliphatic heterocycles. The number of nitrogens with zero attached hydrogens (tertiary/aromatic N) is 2. The second-order valence-corrected chi connectivity index (χ2v) is 8.82. The van der Waals surface area contributed by atoms with Gasteiger partial charge in [0, 0.05) is 26.2 Å². The molecular weight excluding hydrogens is 402 g/mol. The molecule has 1 atom stereocenters. The number of hydrogen-bond acceptors (Lipinski definition) is 4. The minimum absolute atomic E-state index is 0.0132. The predicted molar refractivity (Wildman–Crippen MR) is 127 cm³/mol. The lowest BCUT2D eigenvalue weighted by Crippen LogP contribution is -2.51. The second-order valence-electron chi connectivity index (χ2n) is 8.82. The van der Waals surface area contributed by atoms with Gasteiger partial charge >= 0.3 is 0 Å². The predicted octanol–water partition coefficient (Wildman–Crippen LogP) is 3.20. The molecule has 1 unspecified atom stereocenters. The Hall–Kier alpha value is -2.86. The molecule has 32 heavy (non-hydrogen) atoms. The normalized spacial score (nSPS) is 15.5. The fourth-order valence-corrected chi connectivity index (χ4v) is 4.11. The molecule has 0 spiro atoms. The van der Waals surface area contributed by atoms with E-state index in [1.807, 2.05) is 60.4 Å². The maximum Gasteiger partial charge on any atom is 0.234 e. The van der Waals surface area contributed by atoms with E-state index in [-0.39, 0.29) is 23.8 Å². The van der Waals surface area contributed by atoms with Crippen LogP contribution in [-0.4, -0.2) is 61.4 Å². The molecule has 0 radical (unpaired) electrons. The van der Waals surface area contributed by atoms with Crippen LogP contribution in [0.25, 0.3) is 0 Å². The maximum absolute atomic E-state index is 12.8. The Morgan fingerprint density at radius 2 is 1.66 bits per heavy atom. The number of benzene rings is 2. The molecule has 1 fully saturated rings. The van der Waals surface area contributed by atoms with Gasteiger partial charge in [-0.3, -0.25) is 14.5 Å². The summed E-state index contributed by atoms with van der Waals surface area (Å²) in [6.07, 6.45) is 0.436. The number of amides is 2. The van der Waals surface area contributed by atoms with E-state index >= 15 is 0 Å². The van der Waals surface area contributed by atoms with Crippen molar-refractivity contribution < 1.29 is 14.3 Å². The number of methoxy groups -OCH3 is 1. The van der Waals surface area contributed by atoms with E-state index in [4.69, 9.17) is 4.74 Å². The van der Waals surface area contributed by atoms with Crippen LogP contribution < -0.4 is 10.1 Å². The Bertz CT molecular complexity index is 903. The highest BCUT2D eigenvalue weighted by Crippen LogP contribution is 2.24. The molecule has 172 valence electrons. The van der Waals surface area contributed by atoms with Crippen molar-refractivity contribution >= 4 is 11.8 Å². The molecule has 1 N–H and O–H groups in total. The van der Waals surface area contributed by atoms with Crippen LogP contribution in [0.15, 0.2) is 48.5 Å². The van der Waals surface area contributed by atoms with E-state index in [1.165, 1.54) is 0 Å². The van der Waals surface area contributed by atoms with Crippen molar-refractivity contribution in [2.75, 3.05) is 39.8 Å². The standard InChI is InChI=1S/C26H35N3O3/c1-19(2)26(21-9-11-23(32-4)12-10-21)27-24(30)18-28-13-15-29(16-14-28)25(31)17-22-8-6-5-7-20(22)3/h5-12,19,26H,13-18H2,1-4H3,(H,27,30). The molecule has 2 aromatic carbocycles. The Kier molecular flexibility index (Phi) is 8.28. The zero-order chi connectivity index (χ0) is 23.1. The van der Waals surface area contributed by atoms with E-state index in [0.717, 1.165) is 22.4 Å². The summed E-state index contributed by atoms with van der Waals surface area (Å²) in [7, 11) is 1.65. The van der Waals surface area contributed by atoms with Crippen molar-refractivity contribution in [2.45, 2.75) is 33.2 Å². The van der Waals surface area contributed by atoms with Crippen LogP contribution in [0.4, 0.5) is 0 Å². The summed E-state index contributed by atoms with van der Waals surface area (Å²) in [5.41, 5.74) is 3.30. The van der Waals surface area contributed by atoms with Gasteiger partial charge in [-0.2, -0.15) is 0 Å². The number of rotatable bonds is 8. The largest absolute Gasteiger partial charge is 0.497 e. The Balaban J connectivity index is 1.48. The molecule has 6 heteroatoms. The summed E-state index contributed by atoms with van der Waals surface area (Å²) in [6, 6.07) is 15.8. The van der Waals surface area contributed by atoms with E-state index in [1.54, 1.807) is 7.11 Å². The zero-order valence-corrected chi connectivity index (χ0v) is 19.6. The zero-order valence-electron chi connectivity index (χ0n) is 19.6. The van der Waals surface area contributed by atoms with Crippen molar-refractivity contribution in [3.63, 3.8) is 0 Å². The molecule has 0 saturated carbocycles. The summed E-state index contributed by atoms with van der Waals surface area (Å²) in [4.78, 5) is 29.5. The van der Waals surface area contributed by atoms with Gasteiger partial charge in [-0.1, -0.05) is 50.2 Å². The number of aryl methyl sites for hydroxylation is 1. The first-order chi connectivity index (χ1) is 15.4. The quantitative estimate of drug-likeness (QED) is 0.689. The lowest BCUT2D eigenvalue weighted by Gasteiger charge is -2.35. The van der Waals surface area contributed by atoms with Crippen LogP contribution in [0.3, 0.4) is 0 Å². The Morgan fingerprint density at radius 1 is 1.00 bits per heavy atom. The van der Waals surface area contributed by atoms with Crippen molar-refractivity contribution in [3.8, 4) is 5.75 Å². The number of hydrogen-bond donors (Lipinski definition) is 1. The topological polar surface area (TPSA) is 61.9 Å². The number of carbonyl (C=O) groups excluding carboxylic acids is 2. The summed E-state index contributed by atoms with van der Waals surface area (Å²) >= 11 is 0. The van der Waals surface area contributed by atoms with Gasteiger partial charge in [-0.05, 0) is 41.7 Å². The van der Waals surface area contributed by atoms with Gasteiger partial charge in [0.25, 0.3) is 0 Å². The van der Waals surface area contributed by atoms with Crippen LogP contribution in [0.2, 0.25) is 0 Å². The van der Waals surface area contributed by atoms with Crippen LogP contribution in [0, 0.1) is 12.8 Å². The first-order valence-corrected chi connectivity index (χ1v) is 11.4. The summed E-state index contributed by atoms with van der Waals surface area (Å²) < 4.78 is 5.23. The van der Waals surface area contributed by atoms with Gasteiger partial charge < -0.3 is 15.0 Å². The van der Waals surface area contributed by atoms with Crippen LogP contribution >= 0.6 is 0 Å². The molecule has 3 rings (SSSR count). The minimum Gasteiger partial charge on any atom is -0.497 e. The van der Waals surface area contributed by atoms with E-state index < -0.39 is 0 Å². The number of piperazine rings is 1. The Morgan fingerprint density at radius 3 is 2.25 bits per heavy atom. The third-order valence-electron chi connectivity index (χ3n) is 6.15. The molecule has 2 amide bonds. The van der Waals surface area contributed by atoms with Gasteiger partial charge in [0.05, 0.1) is 26.1 Å². The average molecular weight is 438 g/mol. The average Bonchev–Trinajstić information content (AvgIpc) is 2.79. The highest BCUT2D eigenvalue weighted by Gasteiger charge is 2.24. The van der Waals surface area contributed by atoms with Crippen molar-refractivity contribution in [1.29, 1.82) is 0 Å². The van der Waals surface area contributed by atoms with Gasteiger partial charge in [-0.15, -0.1) is 0 Å². The molecule has 1 aliphatic rings. The van der Waals surface area contributed by atoms with Crippen LogP contribution in [0.5, 0.6) is 5.75 Å². The third kappa shape index (κ3) is 6.33. The van der Waals surface area contributed by atoms with Gasteiger partial charge in [0.1, 0.15) is 5.75 Å². The molecule has 0 aromatic heterocycles. The van der Waals surface area contributed by atoms with Crippen LogP contribution in [0.1, 0.15) is 36.6 Å². The SMILES string of the molecule is COc1ccc(C(NC(=O)CN2CCN(C(=O)Cc3ccccc3C)CC2)C(C)C)cc1. The Labute approximate surface area is 191 Å². The van der Waals surface area contributed by atoms with Crippen molar-refractivity contribution in [3.05, 3.63) is 65.2 Å². The molecule has 0 aliphatic carbocycles. The van der Waals surface area contributed by atoms with Crippen molar-refractivity contribution in [1.82, 2.24) is 15.1 Å². The molecule has 1 saturated heterocycles. The first kappa shape index (κ1) is 23.8. The summed E-state index contributed by atoms with van der Waals surface area (Å²) in [5, 5.41) is 3.19. The number of carbonyl (C=O) groups is 2. The first-order valence-electron chi connectivity index (χ1n) is 11.4. The summed E-state index contributed by atoms with van der Waals surface area (Å²) in [5.74, 6) is 1.24. The minimum atomic E-state index is -0.0506. The van der Waals surface area contributed by atoms with E-state index in [2.05, 4.69) is 24.1 Å². The highest BCUT2D eigenvalue weighted by molar-refractivity contribution is 5.80. The molecule has 6 nitrogen and oxygen atoms in total. The summed E-state index contributed by atoms with van der Waals surface area (Å²) in [6.45, 7) is 9.33. The van der Waals surface area contributed by atoms with Gasteiger partial charge in [0.2, 0.25) is 11.8 Å². The second kappa shape index (κ2) is 11.1. The van der Waals surface area contributed by atoms with E-state index in [9.17, 15) is 9.59 Å². The van der Waals surface area contributed by atoms with Gasteiger partial charge in [-0.25, -0.2) is 0 Å². The van der Waals surface area contributed by atoms with E-state index in [0.29, 0.717) is 39.1 Å². The fraction of sp³-hybridized carbons (Fsp3) is 0.462.